The van der Waals surface area contributed by atoms with E-state index in [0.717, 1.165) is 18.2 Å². The van der Waals surface area contributed by atoms with Gasteiger partial charge in [-0.1, -0.05) is 0 Å². The molecule has 0 aliphatic carbocycles. The maximum absolute atomic E-state index is 13.0. The van der Waals surface area contributed by atoms with E-state index >= 15 is 0 Å². The van der Waals surface area contributed by atoms with Gasteiger partial charge in [-0.2, -0.15) is 0 Å². The molecule has 234 valence electrons. The van der Waals surface area contributed by atoms with Crippen LogP contribution in [0.2, 0.25) is 0 Å². The van der Waals surface area contributed by atoms with E-state index < -0.39 is 85.8 Å². The second-order valence-corrected chi connectivity index (χ2v) is 10.1. The summed E-state index contributed by atoms with van der Waals surface area (Å²) in [6.07, 6.45) is -16.1. The van der Waals surface area contributed by atoms with E-state index in [-0.39, 0.29) is 39.5 Å². The molecule has 0 bridgehead atoms. The number of hydrogen-bond acceptors (Lipinski definition) is 16. The van der Waals surface area contributed by atoms with Crippen LogP contribution in [0.25, 0.3) is 22.3 Å². The lowest BCUT2D eigenvalue weighted by molar-refractivity contribution is -0.277. The fraction of sp³-hybridized carbons (Fsp3) is 0.444. The maximum atomic E-state index is 13.0. The highest BCUT2D eigenvalue weighted by molar-refractivity contribution is 5.86. The molecule has 43 heavy (non-hydrogen) atoms. The molecule has 2 aromatic carbocycles. The van der Waals surface area contributed by atoms with Crippen molar-refractivity contribution in [1.29, 1.82) is 0 Å². The molecule has 0 spiro atoms. The Kier molecular flexibility index (Phi) is 8.77. The molecule has 2 fully saturated rings. The Morgan fingerprint density at radius 1 is 0.698 bits per heavy atom. The molecule has 2 aliphatic heterocycles. The molecule has 0 unspecified atom stereocenters. The summed E-state index contributed by atoms with van der Waals surface area (Å²) in [5, 5.41) is 100. The van der Waals surface area contributed by atoms with Crippen molar-refractivity contribution < 1.29 is 74.4 Å². The first-order valence-electron chi connectivity index (χ1n) is 13.0. The molecule has 2 saturated heterocycles. The van der Waals surface area contributed by atoms with Crippen molar-refractivity contribution in [3.63, 3.8) is 0 Å². The van der Waals surface area contributed by atoms with Crippen molar-refractivity contribution in [2.24, 2.45) is 0 Å². The number of aromatic hydroxyl groups is 2. The van der Waals surface area contributed by atoms with Crippen LogP contribution in [0.15, 0.2) is 45.6 Å². The predicted molar refractivity (Wildman–Crippen MR) is 140 cm³/mol. The van der Waals surface area contributed by atoms with Gasteiger partial charge in [0.15, 0.2) is 5.43 Å². The minimum atomic E-state index is -1.78. The van der Waals surface area contributed by atoms with Gasteiger partial charge in [0.25, 0.3) is 0 Å². The quantitative estimate of drug-likeness (QED) is 0.130. The van der Waals surface area contributed by atoms with Gasteiger partial charge >= 0.3 is 0 Å². The molecule has 10 N–H and O–H groups in total. The third-order valence-electron chi connectivity index (χ3n) is 7.21. The highest BCUT2D eigenvalue weighted by Crippen LogP contribution is 2.38. The number of fused-ring (bicyclic) bond motifs is 1. The van der Waals surface area contributed by atoms with Gasteiger partial charge in [-0.15, -0.1) is 0 Å². The van der Waals surface area contributed by atoms with Crippen LogP contribution in [0, 0.1) is 0 Å². The lowest BCUT2D eigenvalue weighted by atomic mass is 9.99. The van der Waals surface area contributed by atoms with Gasteiger partial charge in [0.05, 0.1) is 18.8 Å². The van der Waals surface area contributed by atoms with Gasteiger partial charge in [-0.05, 0) is 12.1 Å². The fourth-order valence-electron chi connectivity index (χ4n) is 4.85. The van der Waals surface area contributed by atoms with E-state index in [1.165, 1.54) is 18.2 Å². The smallest absolute Gasteiger partial charge is 0.229 e. The lowest BCUT2D eigenvalue weighted by Gasteiger charge is -2.39. The third kappa shape index (κ3) is 5.85. The molecule has 0 saturated carbocycles. The average molecular weight is 611 g/mol. The number of phenols is 2. The molecule has 5 rings (SSSR count). The SMILES string of the molecule is O=c1cc(-c2ccc(O)cc2O[C@H]2O[C@@H](CO)[C@H](O)[C@H](O)[C@@H]2O)oc2cc(O[C@H]3O[C@@H](CO)[C@H](O)[C@H](O)[C@@H]3O)cc(O)c12. The molecule has 2 aliphatic rings. The Morgan fingerprint density at radius 3 is 1.86 bits per heavy atom. The minimum Gasteiger partial charge on any atom is -0.508 e. The Balaban J connectivity index is 1.50. The van der Waals surface area contributed by atoms with Crippen LogP contribution in [-0.2, 0) is 9.47 Å². The molecule has 3 heterocycles. The molecular weight excluding hydrogens is 580 g/mol. The molecule has 16 nitrogen and oxygen atoms in total. The standard InChI is InChI=1S/C27H30O16/c28-7-17-20(33)22(35)24(37)26(42-17)39-10-4-12(31)19-13(32)6-15(40-16(19)5-10)11-2-1-9(30)3-14(11)41-27-25(38)23(36)21(34)18(8-29)43-27/h1-6,17-18,20-31,33-38H,7-8H2/t17-,18-,20-,21-,22-,23-,24-,25-,26-,27-/m0/s1. The van der Waals surface area contributed by atoms with Crippen molar-refractivity contribution in [1.82, 2.24) is 0 Å². The van der Waals surface area contributed by atoms with Crippen LogP contribution in [-0.4, -0.2) is 126 Å². The Morgan fingerprint density at radius 2 is 1.28 bits per heavy atom. The Labute approximate surface area is 241 Å². The van der Waals surface area contributed by atoms with E-state index in [0.29, 0.717) is 0 Å². The fourth-order valence-corrected chi connectivity index (χ4v) is 4.85. The van der Waals surface area contributed by atoms with Gasteiger partial charge in [0, 0.05) is 24.3 Å². The summed E-state index contributed by atoms with van der Waals surface area (Å²) < 4.78 is 27.8. The normalized spacial score (nSPS) is 32.9. The van der Waals surface area contributed by atoms with Crippen LogP contribution in [0.5, 0.6) is 23.0 Å². The average Bonchev–Trinajstić information content (AvgIpc) is 2.97. The first-order valence-corrected chi connectivity index (χ1v) is 13.0. The first-order chi connectivity index (χ1) is 20.4. The number of aliphatic hydroxyl groups excluding tert-OH is 8. The zero-order chi connectivity index (χ0) is 31.2. The van der Waals surface area contributed by atoms with Gasteiger partial charge in [-0.3, -0.25) is 4.79 Å². The first kappa shape index (κ1) is 30.9. The van der Waals surface area contributed by atoms with Crippen LogP contribution < -0.4 is 14.9 Å². The predicted octanol–water partition coefficient (Wildman–Crippen LogP) is -2.77. The molecular formula is C27H30O16. The summed E-state index contributed by atoms with van der Waals surface area (Å²) in [4.78, 5) is 13.0. The number of aliphatic hydroxyl groups is 8. The van der Waals surface area contributed by atoms with Crippen molar-refractivity contribution in [2.75, 3.05) is 13.2 Å². The summed E-state index contributed by atoms with van der Waals surface area (Å²) in [6, 6.07) is 6.82. The molecule has 1 aromatic heterocycles. The summed E-state index contributed by atoms with van der Waals surface area (Å²) in [6.45, 7) is -1.42. The van der Waals surface area contributed by atoms with Crippen LogP contribution in [0.3, 0.4) is 0 Å². The summed E-state index contributed by atoms with van der Waals surface area (Å²) in [5.74, 6) is -1.45. The molecule has 0 radical (unpaired) electrons. The number of benzene rings is 2. The third-order valence-corrected chi connectivity index (χ3v) is 7.21. The Hall–Kier alpha value is -3.55. The van der Waals surface area contributed by atoms with Crippen molar-refractivity contribution in [2.45, 2.75) is 61.4 Å². The Bertz CT molecular complexity index is 1500. The number of rotatable bonds is 7. The van der Waals surface area contributed by atoms with E-state index in [9.17, 15) is 55.9 Å². The van der Waals surface area contributed by atoms with Crippen molar-refractivity contribution in [3.8, 4) is 34.3 Å². The number of ether oxygens (including phenoxy) is 4. The monoisotopic (exact) mass is 610 g/mol. The second-order valence-electron chi connectivity index (χ2n) is 10.1. The van der Waals surface area contributed by atoms with Gasteiger partial charge in [0.2, 0.25) is 12.6 Å². The highest BCUT2D eigenvalue weighted by Gasteiger charge is 2.46. The van der Waals surface area contributed by atoms with E-state index in [1.807, 2.05) is 0 Å². The van der Waals surface area contributed by atoms with Crippen LogP contribution in [0.1, 0.15) is 0 Å². The largest absolute Gasteiger partial charge is 0.508 e. The lowest BCUT2D eigenvalue weighted by Crippen LogP contribution is -2.60. The van der Waals surface area contributed by atoms with E-state index in [2.05, 4.69) is 0 Å². The van der Waals surface area contributed by atoms with Crippen LogP contribution >= 0.6 is 0 Å². The molecule has 3 aromatic rings. The topological polar surface area (TPSA) is 269 Å². The van der Waals surface area contributed by atoms with Gasteiger partial charge < -0.3 is 74.4 Å². The summed E-state index contributed by atoms with van der Waals surface area (Å²) >= 11 is 0. The van der Waals surface area contributed by atoms with Gasteiger partial charge in [0.1, 0.15) is 88.6 Å². The van der Waals surface area contributed by atoms with Crippen molar-refractivity contribution >= 4 is 11.0 Å². The zero-order valence-electron chi connectivity index (χ0n) is 22.1. The number of phenolic OH excluding ortho intramolecular Hbond substituents is 2. The molecule has 16 heteroatoms. The van der Waals surface area contributed by atoms with Crippen molar-refractivity contribution in [3.05, 3.63) is 46.6 Å². The molecule has 10 atom stereocenters. The number of hydrogen-bond donors (Lipinski definition) is 10. The highest BCUT2D eigenvalue weighted by atomic mass is 16.7. The maximum Gasteiger partial charge on any atom is 0.229 e. The van der Waals surface area contributed by atoms with E-state index in [1.54, 1.807) is 0 Å². The van der Waals surface area contributed by atoms with Crippen LogP contribution in [0.4, 0.5) is 0 Å². The van der Waals surface area contributed by atoms with Gasteiger partial charge in [-0.25, -0.2) is 0 Å². The summed E-state index contributed by atoms with van der Waals surface area (Å²) in [5.41, 5.74) is -0.914. The minimum absolute atomic E-state index is 0.0357. The van der Waals surface area contributed by atoms with E-state index in [4.69, 9.17) is 23.4 Å². The molecule has 0 amide bonds. The zero-order valence-corrected chi connectivity index (χ0v) is 22.1. The second kappa shape index (κ2) is 12.2. The summed E-state index contributed by atoms with van der Waals surface area (Å²) in [7, 11) is 0.